The van der Waals surface area contributed by atoms with Crippen molar-refractivity contribution in [3.05, 3.63) is 94.4 Å². The van der Waals surface area contributed by atoms with E-state index in [1.807, 2.05) is 48.5 Å². The molecule has 0 unspecified atom stereocenters. The molecule has 4 rings (SSSR count). The Bertz CT molecular complexity index is 1220. The Labute approximate surface area is 194 Å². The molecule has 1 amide bonds. The Morgan fingerprint density at radius 3 is 2.30 bits per heavy atom. The number of aliphatic imine (C=N–C) groups is 1. The maximum atomic E-state index is 12.3. The van der Waals surface area contributed by atoms with Crippen LogP contribution in [0.4, 0.5) is 5.69 Å². The highest BCUT2D eigenvalue weighted by molar-refractivity contribution is 8.18. The Kier molecular flexibility index (Phi) is 6.75. The molecule has 1 saturated heterocycles. The number of amidine groups is 1. The van der Waals surface area contributed by atoms with Gasteiger partial charge in [0.2, 0.25) is 0 Å². The maximum Gasteiger partial charge on any atom is 0.335 e. The molecule has 166 valence electrons. The molecule has 3 aromatic rings. The predicted octanol–water partition coefficient (Wildman–Crippen LogP) is 4.86. The number of rotatable bonds is 7. The molecule has 0 spiro atoms. The standard InChI is InChI=1S/C25H20N2O5S/c1-31-20-12-8-19(9-13-20)26-25-27-23(28)22(33-25)14-16-4-10-21(11-5-16)32-15-17-2-6-18(7-3-17)24(29)30/h2-14H,15H2,1H3,(H,29,30)(H,26,27,28)/b22-14+. The van der Waals surface area contributed by atoms with Gasteiger partial charge in [-0.2, -0.15) is 0 Å². The number of thioether (sulfide) groups is 1. The first-order chi connectivity index (χ1) is 16.0. The quantitative estimate of drug-likeness (QED) is 0.489. The van der Waals surface area contributed by atoms with Gasteiger partial charge in [-0.3, -0.25) is 4.79 Å². The second-order valence-electron chi connectivity index (χ2n) is 7.04. The maximum absolute atomic E-state index is 12.3. The van der Waals surface area contributed by atoms with Crippen molar-refractivity contribution in [3.8, 4) is 11.5 Å². The first kappa shape index (κ1) is 22.2. The summed E-state index contributed by atoms with van der Waals surface area (Å²) in [5.41, 5.74) is 2.69. The number of nitrogens with zero attached hydrogens (tertiary/aromatic N) is 1. The first-order valence-electron chi connectivity index (χ1n) is 9.99. The van der Waals surface area contributed by atoms with Crippen molar-refractivity contribution in [3.63, 3.8) is 0 Å². The number of hydrogen-bond donors (Lipinski definition) is 2. The average Bonchev–Trinajstić information content (AvgIpc) is 3.17. The van der Waals surface area contributed by atoms with Crippen LogP contribution in [0.15, 0.2) is 82.7 Å². The number of carboxylic acids is 1. The lowest BCUT2D eigenvalue weighted by Gasteiger charge is -2.07. The fourth-order valence-corrected chi connectivity index (χ4v) is 3.82. The molecule has 0 aliphatic carbocycles. The van der Waals surface area contributed by atoms with E-state index in [2.05, 4.69) is 10.3 Å². The zero-order valence-electron chi connectivity index (χ0n) is 17.6. The van der Waals surface area contributed by atoms with Gasteiger partial charge in [0.15, 0.2) is 5.17 Å². The zero-order chi connectivity index (χ0) is 23.2. The summed E-state index contributed by atoms with van der Waals surface area (Å²) in [7, 11) is 1.60. The van der Waals surface area contributed by atoms with E-state index in [0.717, 1.165) is 22.6 Å². The number of carbonyl (C=O) groups is 2. The second kappa shape index (κ2) is 10.1. The zero-order valence-corrected chi connectivity index (χ0v) is 18.5. The van der Waals surface area contributed by atoms with E-state index in [-0.39, 0.29) is 11.5 Å². The fourth-order valence-electron chi connectivity index (χ4n) is 2.98. The van der Waals surface area contributed by atoms with Crippen LogP contribution in [0.5, 0.6) is 11.5 Å². The van der Waals surface area contributed by atoms with Gasteiger partial charge in [0, 0.05) is 0 Å². The van der Waals surface area contributed by atoms with Gasteiger partial charge in [-0.25, -0.2) is 9.79 Å². The molecular formula is C25H20N2O5S. The van der Waals surface area contributed by atoms with Crippen molar-refractivity contribution in [2.24, 2.45) is 4.99 Å². The van der Waals surface area contributed by atoms with Crippen LogP contribution in [0.25, 0.3) is 6.08 Å². The van der Waals surface area contributed by atoms with Gasteiger partial charge >= 0.3 is 5.97 Å². The Morgan fingerprint density at radius 2 is 1.67 bits per heavy atom. The van der Waals surface area contributed by atoms with E-state index in [1.165, 1.54) is 11.8 Å². The number of amides is 1. The monoisotopic (exact) mass is 460 g/mol. The van der Waals surface area contributed by atoms with Gasteiger partial charge in [-0.15, -0.1) is 0 Å². The number of nitrogens with one attached hydrogen (secondary N) is 1. The Morgan fingerprint density at radius 1 is 1.00 bits per heavy atom. The van der Waals surface area contributed by atoms with Crippen molar-refractivity contribution in [1.82, 2.24) is 5.32 Å². The Balaban J connectivity index is 1.37. The normalized spacial score (nSPS) is 15.5. The van der Waals surface area contributed by atoms with Crippen LogP contribution in [0, 0.1) is 0 Å². The average molecular weight is 461 g/mol. The SMILES string of the molecule is COc1ccc(N=C2NC(=O)/C(=C\c3ccc(OCc4ccc(C(=O)O)cc4)cc3)S2)cc1. The summed E-state index contributed by atoms with van der Waals surface area (Å²) in [6, 6.07) is 21.2. The minimum atomic E-state index is -0.958. The van der Waals surface area contributed by atoms with E-state index in [1.54, 1.807) is 37.5 Å². The van der Waals surface area contributed by atoms with E-state index in [4.69, 9.17) is 14.6 Å². The van der Waals surface area contributed by atoms with Gasteiger partial charge in [0.05, 0.1) is 23.3 Å². The molecule has 0 bridgehead atoms. The highest BCUT2D eigenvalue weighted by Gasteiger charge is 2.23. The number of aromatic carboxylic acids is 1. The molecule has 3 aromatic carbocycles. The predicted molar refractivity (Wildman–Crippen MR) is 128 cm³/mol. The second-order valence-corrected chi connectivity index (χ2v) is 8.07. The van der Waals surface area contributed by atoms with Gasteiger partial charge in [0.1, 0.15) is 18.1 Å². The topological polar surface area (TPSA) is 97.2 Å². The van der Waals surface area contributed by atoms with Crippen LogP contribution in [-0.2, 0) is 11.4 Å². The summed E-state index contributed by atoms with van der Waals surface area (Å²) in [5, 5.41) is 12.2. The molecule has 8 heteroatoms. The molecular weight excluding hydrogens is 440 g/mol. The van der Waals surface area contributed by atoms with Crippen molar-refractivity contribution in [2.75, 3.05) is 7.11 Å². The number of hydrogen-bond acceptors (Lipinski definition) is 6. The van der Waals surface area contributed by atoms with Gasteiger partial charge < -0.3 is 19.9 Å². The van der Waals surface area contributed by atoms with Gasteiger partial charge in [-0.1, -0.05) is 24.3 Å². The van der Waals surface area contributed by atoms with Crippen LogP contribution < -0.4 is 14.8 Å². The molecule has 1 heterocycles. The van der Waals surface area contributed by atoms with Crippen molar-refractivity contribution >= 4 is 40.6 Å². The molecule has 7 nitrogen and oxygen atoms in total. The number of benzene rings is 3. The van der Waals surface area contributed by atoms with Crippen LogP contribution in [0.1, 0.15) is 21.5 Å². The number of carboxylic acid groups (broad SMARTS) is 1. The van der Waals surface area contributed by atoms with E-state index < -0.39 is 5.97 Å². The van der Waals surface area contributed by atoms with Crippen molar-refractivity contribution in [1.29, 1.82) is 0 Å². The number of ether oxygens (including phenoxy) is 2. The lowest BCUT2D eigenvalue weighted by Crippen LogP contribution is -2.19. The molecule has 0 saturated carbocycles. The third-order valence-corrected chi connectivity index (χ3v) is 5.65. The minimum Gasteiger partial charge on any atom is -0.497 e. The fraction of sp³-hybridized carbons (Fsp3) is 0.0800. The molecule has 1 aliphatic heterocycles. The van der Waals surface area contributed by atoms with Crippen LogP contribution in [0.2, 0.25) is 0 Å². The van der Waals surface area contributed by atoms with Crippen LogP contribution in [-0.4, -0.2) is 29.3 Å². The first-order valence-corrected chi connectivity index (χ1v) is 10.8. The van der Waals surface area contributed by atoms with Crippen molar-refractivity contribution < 1.29 is 24.2 Å². The molecule has 0 radical (unpaired) electrons. The molecule has 0 aromatic heterocycles. The van der Waals surface area contributed by atoms with Gasteiger partial charge in [0.25, 0.3) is 5.91 Å². The lowest BCUT2D eigenvalue weighted by molar-refractivity contribution is -0.115. The molecule has 2 N–H and O–H groups in total. The van der Waals surface area contributed by atoms with E-state index in [0.29, 0.717) is 22.4 Å². The summed E-state index contributed by atoms with van der Waals surface area (Å²) in [4.78, 5) is 28.2. The summed E-state index contributed by atoms with van der Waals surface area (Å²) in [5.74, 6) is 0.258. The van der Waals surface area contributed by atoms with Gasteiger partial charge in [-0.05, 0) is 77.5 Å². The van der Waals surface area contributed by atoms with E-state index in [9.17, 15) is 9.59 Å². The number of carbonyl (C=O) groups excluding carboxylic acids is 1. The largest absolute Gasteiger partial charge is 0.497 e. The molecule has 33 heavy (non-hydrogen) atoms. The van der Waals surface area contributed by atoms with E-state index >= 15 is 0 Å². The minimum absolute atomic E-state index is 0.197. The highest BCUT2D eigenvalue weighted by Crippen LogP contribution is 2.29. The smallest absolute Gasteiger partial charge is 0.335 e. The summed E-state index contributed by atoms with van der Waals surface area (Å²) in [6.45, 7) is 0.323. The summed E-state index contributed by atoms with van der Waals surface area (Å²) in [6.07, 6.45) is 1.80. The summed E-state index contributed by atoms with van der Waals surface area (Å²) < 4.78 is 10.9. The van der Waals surface area contributed by atoms with Crippen molar-refractivity contribution in [2.45, 2.75) is 6.61 Å². The summed E-state index contributed by atoms with van der Waals surface area (Å²) >= 11 is 1.28. The van der Waals surface area contributed by atoms with Crippen LogP contribution >= 0.6 is 11.8 Å². The molecule has 1 fully saturated rings. The highest BCUT2D eigenvalue weighted by atomic mass is 32.2. The third-order valence-electron chi connectivity index (χ3n) is 4.74. The Hall–Kier alpha value is -4.04. The molecule has 0 atom stereocenters. The lowest BCUT2D eigenvalue weighted by atomic mass is 10.1. The number of methoxy groups -OCH3 is 1. The molecule has 1 aliphatic rings. The third kappa shape index (κ3) is 5.81. The van der Waals surface area contributed by atoms with Crippen LogP contribution in [0.3, 0.4) is 0 Å².